The number of anilines is 1. The molecule has 1 atom stereocenters. The van der Waals surface area contributed by atoms with Crippen molar-refractivity contribution in [3.05, 3.63) is 58.1 Å². The van der Waals surface area contributed by atoms with E-state index in [0.29, 0.717) is 22.0 Å². The maximum absolute atomic E-state index is 12.3. The highest BCUT2D eigenvalue weighted by molar-refractivity contribution is 6.30. The Bertz CT molecular complexity index is 819. The number of nitrogens with one attached hydrogen (secondary N) is 1. The SMILES string of the molecule is COc1ccc(Cl)cc1CC(=O)O[C@H](C)C(=O)Nc1ccc(C)cc1C. The monoisotopic (exact) mass is 375 g/mol. The summed E-state index contributed by atoms with van der Waals surface area (Å²) in [5.41, 5.74) is 3.35. The van der Waals surface area contributed by atoms with Crippen LogP contribution in [0.15, 0.2) is 36.4 Å². The van der Waals surface area contributed by atoms with Gasteiger partial charge in [-0.25, -0.2) is 0 Å². The molecule has 138 valence electrons. The molecule has 0 bridgehead atoms. The van der Waals surface area contributed by atoms with Crippen LogP contribution >= 0.6 is 11.6 Å². The van der Waals surface area contributed by atoms with Gasteiger partial charge in [0, 0.05) is 16.3 Å². The molecule has 0 saturated heterocycles. The van der Waals surface area contributed by atoms with E-state index in [4.69, 9.17) is 21.1 Å². The molecule has 0 radical (unpaired) electrons. The summed E-state index contributed by atoms with van der Waals surface area (Å²) in [6.45, 7) is 5.42. The third-order valence-electron chi connectivity index (χ3n) is 3.89. The van der Waals surface area contributed by atoms with Crippen molar-refractivity contribution in [2.75, 3.05) is 12.4 Å². The maximum Gasteiger partial charge on any atom is 0.311 e. The molecule has 2 rings (SSSR count). The second-order valence-corrected chi connectivity index (χ2v) is 6.51. The van der Waals surface area contributed by atoms with Gasteiger partial charge in [0.2, 0.25) is 0 Å². The molecule has 2 aromatic carbocycles. The average Bonchev–Trinajstić information content (AvgIpc) is 2.57. The predicted octanol–water partition coefficient (Wildman–Crippen LogP) is 4.08. The molecule has 0 aliphatic carbocycles. The van der Waals surface area contributed by atoms with Gasteiger partial charge in [-0.05, 0) is 50.6 Å². The van der Waals surface area contributed by atoms with Crippen LogP contribution in [0, 0.1) is 13.8 Å². The smallest absolute Gasteiger partial charge is 0.311 e. The predicted molar refractivity (Wildman–Crippen MR) is 102 cm³/mol. The zero-order chi connectivity index (χ0) is 19.3. The number of carbonyl (C=O) groups is 2. The number of hydrogen-bond donors (Lipinski definition) is 1. The van der Waals surface area contributed by atoms with Crippen LogP contribution in [0.4, 0.5) is 5.69 Å². The van der Waals surface area contributed by atoms with E-state index in [9.17, 15) is 9.59 Å². The van der Waals surface area contributed by atoms with Gasteiger partial charge in [-0.15, -0.1) is 0 Å². The lowest BCUT2D eigenvalue weighted by molar-refractivity contribution is -0.152. The summed E-state index contributed by atoms with van der Waals surface area (Å²) in [6.07, 6.45) is -0.960. The number of rotatable bonds is 6. The van der Waals surface area contributed by atoms with Crippen LogP contribution in [0.1, 0.15) is 23.6 Å². The fraction of sp³-hybridized carbons (Fsp3) is 0.300. The van der Waals surface area contributed by atoms with Crippen LogP contribution < -0.4 is 10.1 Å². The Balaban J connectivity index is 1.98. The molecule has 0 heterocycles. The van der Waals surface area contributed by atoms with Crippen LogP contribution in [0.3, 0.4) is 0 Å². The molecule has 0 saturated carbocycles. The van der Waals surface area contributed by atoms with Crippen molar-refractivity contribution in [1.29, 1.82) is 0 Å². The zero-order valence-corrected chi connectivity index (χ0v) is 16.0. The Morgan fingerprint density at radius 3 is 2.54 bits per heavy atom. The van der Waals surface area contributed by atoms with E-state index in [1.807, 2.05) is 32.0 Å². The summed E-state index contributed by atoms with van der Waals surface area (Å²) in [4.78, 5) is 24.5. The lowest BCUT2D eigenvalue weighted by Gasteiger charge is -2.15. The van der Waals surface area contributed by atoms with Crippen LogP contribution in [-0.4, -0.2) is 25.1 Å². The van der Waals surface area contributed by atoms with E-state index in [1.165, 1.54) is 14.0 Å². The normalized spacial score (nSPS) is 11.6. The maximum atomic E-state index is 12.3. The Hall–Kier alpha value is -2.53. The second kappa shape index (κ2) is 8.72. The molecule has 0 aromatic heterocycles. The molecule has 0 aliphatic heterocycles. The third kappa shape index (κ3) is 5.23. The molecule has 1 N–H and O–H groups in total. The lowest BCUT2D eigenvalue weighted by atomic mass is 10.1. The van der Waals surface area contributed by atoms with Crippen LogP contribution in [0.25, 0.3) is 0 Å². The van der Waals surface area contributed by atoms with Gasteiger partial charge in [0.05, 0.1) is 13.5 Å². The molecule has 5 nitrogen and oxygen atoms in total. The standard InChI is InChI=1S/C20H22ClNO4/c1-12-5-7-17(13(2)9-12)22-20(24)14(3)26-19(23)11-15-10-16(21)6-8-18(15)25-4/h5-10,14H,11H2,1-4H3,(H,22,24)/t14-/m1/s1. The summed E-state index contributed by atoms with van der Waals surface area (Å²) in [6, 6.07) is 10.7. The molecule has 6 heteroatoms. The van der Waals surface area contributed by atoms with Crippen molar-refractivity contribution in [3.8, 4) is 5.75 Å². The minimum absolute atomic E-state index is 0.0368. The van der Waals surface area contributed by atoms with E-state index in [-0.39, 0.29) is 12.3 Å². The quantitative estimate of drug-likeness (QED) is 0.773. The molecule has 0 fully saturated rings. The summed E-state index contributed by atoms with van der Waals surface area (Å²) < 4.78 is 10.5. The van der Waals surface area contributed by atoms with Crippen molar-refractivity contribution in [3.63, 3.8) is 0 Å². The summed E-state index contributed by atoms with van der Waals surface area (Å²) in [7, 11) is 1.51. The fourth-order valence-corrected chi connectivity index (χ4v) is 2.72. The van der Waals surface area contributed by atoms with Gasteiger partial charge in [-0.3, -0.25) is 9.59 Å². The molecular formula is C20H22ClNO4. The molecule has 0 aliphatic rings. The number of aryl methyl sites for hydroxylation is 2. The first-order valence-corrected chi connectivity index (χ1v) is 8.58. The van der Waals surface area contributed by atoms with E-state index in [0.717, 1.165) is 11.1 Å². The number of benzene rings is 2. The van der Waals surface area contributed by atoms with Crippen molar-refractivity contribution >= 4 is 29.2 Å². The van der Waals surface area contributed by atoms with Gasteiger partial charge in [0.25, 0.3) is 5.91 Å². The third-order valence-corrected chi connectivity index (χ3v) is 4.13. The Morgan fingerprint density at radius 2 is 1.88 bits per heavy atom. The van der Waals surface area contributed by atoms with Crippen molar-refractivity contribution in [2.24, 2.45) is 0 Å². The largest absolute Gasteiger partial charge is 0.496 e. The van der Waals surface area contributed by atoms with E-state index in [1.54, 1.807) is 18.2 Å². The van der Waals surface area contributed by atoms with Crippen LogP contribution in [0.5, 0.6) is 5.75 Å². The first-order valence-electron chi connectivity index (χ1n) is 8.20. The van der Waals surface area contributed by atoms with Gasteiger partial charge in [-0.2, -0.15) is 0 Å². The molecule has 26 heavy (non-hydrogen) atoms. The number of carbonyl (C=O) groups excluding carboxylic acids is 2. The highest BCUT2D eigenvalue weighted by Gasteiger charge is 2.20. The zero-order valence-electron chi connectivity index (χ0n) is 15.3. The van der Waals surface area contributed by atoms with E-state index >= 15 is 0 Å². The number of esters is 1. The van der Waals surface area contributed by atoms with Gasteiger partial charge in [-0.1, -0.05) is 29.3 Å². The fourth-order valence-electron chi connectivity index (χ4n) is 2.52. The van der Waals surface area contributed by atoms with Gasteiger partial charge in [0.15, 0.2) is 6.10 Å². The number of halogens is 1. The summed E-state index contributed by atoms with van der Waals surface area (Å²) >= 11 is 5.96. The summed E-state index contributed by atoms with van der Waals surface area (Å²) in [5, 5.41) is 3.27. The molecule has 1 amide bonds. The highest BCUT2D eigenvalue weighted by atomic mass is 35.5. The number of hydrogen-bond acceptors (Lipinski definition) is 4. The van der Waals surface area contributed by atoms with Gasteiger partial charge >= 0.3 is 5.97 Å². The topological polar surface area (TPSA) is 64.6 Å². The number of amides is 1. The Labute approximate surface area is 158 Å². The van der Waals surface area contributed by atoms with Gasteiger partial charge < -0.3 is 14.8 Å². The van der Waals surface area contributed by atoms with Crippen molar-refractivity contribution in [1.82, 2.24) is 0 Å². The average molecular weight is 376 g/mol. The summed E-state index contributed by atoms with van der Waals surface area (Å²) in [5.74, 6) is -0.379. The molecular weight excluding hydrogens is 354 g/mol. The number of methoxy groups -OCH3 is 1. The van der Waals surface area contributed by atoms with Crippen LogP contribution in [0.2, 0.25) is 5.02 Å². The Morgan fingerprint density at radius 1 is 1.15 bits per heavy atom. The van der Waals surface area contributed by atoms with E-state index < -0.39 is 12.1 Å². The van der Waals surface area contributed by atoms with Crippen LogP contribution in [-0.2, 0) is 20.7 Å². The Kier molecular flexibility index (Phi) is 6.64. The van der Waals surface area contributed by atoms with E-state index in [2.05, 4.69) is 5.32 Å². The second-order valence-electron chi connectivity index (χ2n) is 6.07. The molecule has 2 aromatic rings. The van der Waals surface area contributed by atoms with Crippen molar-refractivity contribution in [2.45, 2.75) is 33.3 Å². The highest BCUT2D eigenvalue weighted by Crippen LogP contribution is 2.23. The lowest BCUT2D eigenvalue weighted by Crippen LogP contribution is -2.30. The van der Waals surface area contributed by atoms with Crippen molar-refractivity contribution < 1.29 is 19.1 Å². The first-order chi connectivity index (χ1) is 12.3. The molecule has 0 unspecified atom stereocenters. The molecule has 0 spiro atoms. The number of ether oxygens (including phenoxy) is 2. The minimum atomic E-state index is -0.923. The van der Waals surface area contributed by atoms with Gasteiger partial charge in [0.1, 0.15) is 5.75 Å². The minimum Gasteiger partial charge on any atom is -0.496 e. The first kappa shape index (κ1) is 19.8.